The molecule has 0 unspecified atom stereocenters. The van der Waals surface area contributed by atoms with Gasteiger partial charge in [0, 0.05) is 24.5 Å². The van der Waals surface area contributed by atoms with Gasteiger partial charge in [0.05, 0.1) is 6.42 Å². The van der Waals surface area contributed by atoms with E-state index < -0.39 is 0 Å². The highest BCUT2D eigenvalue weighted by atomic mass is 16.2. The first-order chi connectivity index (χ1) is 8.20. The summed E-state index contributed by atoms with van der Waals surface area (Å²) in [6, 6.07) is 7.35. The van der Waals surface area contributed by atoms with Crippen molar-refractivity contribution >= 4 is 11.6 Å². The number of nitrogens with two attached hydrogens (primary N) is 1. The van der Waals surface area contributed by atoms with Crippen LogP contribution in [0.5, 0.6) is 0 Å². The monoisotopic (exact) mass is 229 g/mol. The Morgan fingerprint density at radius 2 is 2.06 bits per heavy atom. The lowest BCUT2D eigenvalue weighted by Gasteiger charge is -2.05. The molecule has 0 saturated carbocycles. The van der Waals surface area contributed by atoms with Crippen LogP contribution in [0.1, 0.15) is 23.1 Å². The van der Waals surface area contributed by atoms with Gasteiger partial charge in [0.25, 0.3) is 0 Å². The average Bonchev–Trinajstić information content (AvgIpc) is 2.80. The van der Waals surface area contributed by atoms with Crippen molar-refractivity contribution in [2.24, 2.45) is 0 Å². The Labute approximate surface area is 100 Å². The van der Waals surface area contributed by atoms with Crippen LogP contribution in [0.2, 0.25) is 0 Å². The number of nitrogen functional groups attached to an aromatic ring is 1. The van der Waals surface area contributed by atoms with Crippen LogP contribution < -0.4 is 5.73 Å². The summed E-state index contributed by atoms with van der Waals surface area (Å²) < 4.78 is 1.61. The highest BCUT2D eigenvalue weighted by Crippen LogP contribution is 2.08. The Bertz CT molecular complexity index is 514. The number of carbonyl (C=O) groups excluding carboxylic acids is 1. The first-order valence-corrected chi connectivity index (χ1v) is 5.60. The van der Waals surface area contributed by atoms with Gasteiger partial charge in [-0.05, 0) is 17.7 Å². The van der Waals surface area contributed by atoms with Crippen LogP contribution in [-0.4, -0.2) is 15.5 Å². The van der Waals surface area contributed by atoms with Crippen molar-refractivity contribution in [3.05, 3.63) is 48.0 Å². The van der Waals surface area contributed by atoms with Crippen LogP contribution in [0.4, 0.5) is 5.69 Å². The third kappa shape index (κ3) is 2.53. The maximum Gasteiger partial charge on any atom is 0.236 e. The molecule has 1 aromatic heterocycles. The molecule has 1 aromatic carbocycles. The Morgan fingerprint density at radius 1 is 1.35 bits per heavy atom. The van der Waals surface area contributed by atoms with Gasteiger partial charge < -0.3 is 5.73 Å². The summed E-state index contributed by atoms with van der Waals surface area (Å²) in [5.74, 6) is 0.828. The van der Waals surface area contributed by atoms with Gasteiger partial charge >= 0.3 is 0 Å². The lowest BCUT2D eigenvalue weighted by Crippen LogP contribution is -2.15. The third-order valence-corrected chi connectivity index (χ3v) is 2.64. The molecule has 0 spiro atoms. The standard InChI is InChI=1S/C13H15N3O/c1-2-12-15-7-8-16(12)13(17)9-10-3-5-11(14)6-4-10/h3-8H,2,9,14H2,1H3. The number of anilines is 1. The Kier molecular flexibility index (Phi) is 3.23. The molecule has 0 aliphatic heterocycles. The summed E-state index contributed by atoms with van der Waals surface area (Å²) in [4.78, 5) is 16.2. The number of aryl methyl sites for hydroxylation is 1. The summed E-state index contributed by atoms with van der Waals surface area (Å²) in [5, 5.41) is 0. The fourth-order valence-electron chi connectivity index (χ4n) is 1.72. The van der Waals surface area contributed by atoms with Gasteiger partial charge in [0.2, 0.25) is 5.91 Å². The predicted molar refractivity (Wildman–Crippen MR) is 66.8 cm³/mol. The molecule has 88 valence electrons. The van der Waals surface area contributed by atoms with E-state index in [1.54, 1.807) is 29.1 Å². The van der Waals surface area contributed by atoms with Crippen LogP contribution in [0.25, 0.3) is 0 Å². The number of imidazole rings is 1. The zero-order valence-corrected chi connectivity index (χ0v) is 9.76. The van der Waals surface area contributed by atoms with Crippen molar-refractivity contribution in [1.82, 2.24) is 9.55 Å². The molecule has 0 saturated heterocycles. The number of nitrogens with zero attached hydrogens (tertiary/aromatic N) is 2. The normalized spacial score (nSPS) is 10.4. The fourth-order valence-corrected chi connectivity index (χ4v) is 1.72. The number of hydrogen-bond donors (Lipinski definition) is 1. The van der Waals surface area contributed by atoms with Gasteiger partial charge in [-0.1, -0.05) is 19.1 Å². The molecule has 0 bridgehead atoms. The van der Waals surface area contributed by atoms with Crippen LogP contribution in [0.15, 0.2) is 36.7 Å². The number of carbonyl (C=O) groups is 1. The number of rotatable bonds is 3. The second-order valence-electron chi connectivity index (χ2n) is 3.88. The molecule has 0 aliphatic rings. The lowest BCUT2D eigenvalue weighted by molar-refractivity contribution is 0.0910. The molecule has 0 aliphatic carbocycles. The zero-order valence-electron chi connectivity index (χ0n) is 9.76. The number of benzene rings is 1. The molecule has 0 radical (unpaired) electrons. The predicted octanol–water partition coefficient (Wildman–Crippen LogP) is 1.91. The molecule has 0 atom stereocenters. The van der Waals surface area contributed by atoms with Gasteiger partial charge in [-0.15, -0.1) is 0 Å². The van der Waals surface area contributed by atoms with Gasteiger partial charge in [-0.3, -0.25) is 9.36 Å². The lowest BCUT2D eigenvalue weighted by atomic mass is 10.1. The van der Waals surface area contributed by atoms with Crippen molar-refractivity contribution in [3.8, 4) is 0 Å². The second kappa shape index (κ2) is 4.82. The molecule has 2 aromatic rings. The highest BCUT2D eigenvalue weighted by molar-refractivity contribution is 5.81. The topological polar surface area (TPSA) is 60.9 Å². The first kappa shape index (κ1) is 11.4. The minimum Gasteiger partial charge on any atom is -0.399 e. The van der Waals surface area contributed by atoms with Gasteiger partial charge in [-0.2, -0.15) is 0 Å². The summed E-state index contributed by atoms with van der Waals surface area (Å²) >= 11 is 0. The molecule has 1 heterocycles. The van der Waals surface area contributed by atoms with E-state index in [0.717, 1.165) is 17.8 Å². The van der Waals surface area contributed by atoms with E-state index in [2.05, 4.69) is 4.98 Å². The summed E-state index contributed by atoms with van der Waals surface area (Å²) in [6.45, 7) is 1.98. The van der Waals surface area contributed by atoms with Crippen LogP contribution in [0.3, 0.4) is 0 Å². The van der Waals surface area contributed by atoms with Crippen LogP contribution >= 0.6 is 0 Å². The van der Waals surface area contributed by atoms with Crippen LogP contribution in [0, 0.1) is 0 Å². The second-order valence-corrected chi connectivity index (χ2v) is 3.88. The SMILES string of the molecule is CCc1nccn1C(=O)Cc1ccc(N)cc1. The maximum atomic E-state index is 12.0. The van der Waals surface area contributed by atoms with Crippen molar-refractivity contribution < 1.29 is 4.79 Å². The molecular formula is C13H15N3O. The van der Waals surface area contributed by atoms with Gasteiger partial charge in [0.1, 0.15) is 5.82 Å². The average molecular weight is 229 g/mol. The maximum absolute atomic E-state index is 12.0. The molecule has 0 amide bonds. The van der Waals surface area contributed by atoms with Crippen molar-refractivity contribution in [3.63, 3.8) is 0 Å². The molecule has 2 N–H and O–H groups in total. The molecule has 0 fully saturated rings. The molecule has 4 heteroatoms. The molecule has 2 rings (SSSR count). The Hall–Kier alpha value is -2.10. The van der Waals surface area contributed by atoms with Gasteiger partial charge in [0.15, 0.2) is 0 Å². The van der Waals surface area contributed by atoms with E-state index in [1.807, 2.05) is 19.1 Å². The van der Waals surface area contributed by atoms with Crippen molar-refractivity contribution in [2.45, 2.75) is 19.8 Å². The van der Waals surface area contributed by atoms with Gasteiger partial charge in [-0.25, -0.2) is 4.98 Å². The van der Waals surface area contributed by atoms with E-state index in [9.17, 15) is 4.79 Å². The molecule has 17 heavy (non-hydrogen) atoms. The zero-order chi connectivity index (χ0) is 12.3. The number of aromatic nitrogens is 2. The van der Waals surface area contributed by atoms with Crippen molar-refractivity contribution in [1.29, 1.82) is 0 Å². The van der Waals surface area contributed by atoms with Crippen LogP contribution in [-0.2, 0) is 12.8 Å². The summed E-state index contributed by atoms with van der Waals surface area (Å²) in [5.41, 5.74) is 7.26. The highest BCUT2D eigenvalue weighted by Gasteiger charge is 2.09. The smallest absolute Gasteiger partial charge is 0.236 e. The third-order valence-electron chi connectivity index (χ3n) is 2.64. The van der Waals surface area contributed by atoms with E-state index in [4.69, 9.17) is 5.73 Å². The largest absolute Gasteiger partial charge is 0.399 e. The van der Waals surface area contributed by atoms with E-state index in [1.165, 1.54) is 0 Å². The minimum absolute atomic E-state index is 0.0316. The van der Waals surface area contributed by atoms with E-state index in [-0.39, 0.29) is 5.91 Å². The summed E-state index contributed by atoms with van der Waals surface area (Å²) in [7, 11) is 0. The Morgan fingerprint density at radius 3 is 2.71 bits per heavy atom. The Balaban J connectivity index is 2.14. The molecular weight excluding hydrogens is 214 g/mol. The fraction of sp³-hybridized carbons (Fsp3) is 0.231. The number of hydrogen-bond acceptors (Lipinski definition) is 3. The first-order valence-electron chi connectivity index (χ1n) is 5.60. The van der Waals surface area contributed by atoms with Crippen molar-refractivity contribution in [2.75, 3.05) is 5.73 Å². The summed E-state index contributed by atoms with van der Waals surface area (Å²) in [6.07, 6.45) is 4.47. The molecule has 4 nitrogen and oxygen atoms in total. The minimum atomic E-state index is 0.0316. The van der Waals surface area contributed by atoms with E-state index >= 15 is 0 Å². The van der Waals surface area contributed by atoms with E-state index in [0.29, 0.717) is 12.1 Å². The quantitative estimate of drug-likeness (QED) is 0.818.